The molecule has 1 fully saturated rings. The summed E-state index contributed by atoms with van der Waals surface area (Å²) in [5.41, 5.74) is 4.30. The molecule has 4 nitrogen and oxygen atoms in total. The number of benzene rings is 3. The second-order valence-corrected chi connectivity index (χ2v) is 8.56. The molecule has 2 amide bonds. The molecule has 32 heavy (non-hydrogen) atoms. The van der Waals surface area contributed by atoms with Gasteiger partial charge in [0.1, 0.15) is 0 Å². The van der Waals surface area contributed by atoms with Gasteiger partial charge in [0.25, 0.3) is 0 Å². The number of amides is 2. The molecule has 0 saturated carbocycles. The average molecular weight is 427 g/mol. The fourth-order valence-corrected chi connectivity index (χ4v) is 4.47. The molecule has 0 bridgehead atoms. The Balaban J connectivity index is 1.38. The zero-order valence-corrected chi connectivity index (χ0v) is 18.5. The Kier molecular flexibility index (Phi) is 7.00. The van der Waals surface area contributed by atoms with Gasteiger partial charge in [-0.15, -0.1) is 0 Å². The Labute approximate surface area is 190 Å². The minimum atomic E-state index is -0.316. The van der Waals surface area contributed by atoms with Crippen LogP contribution in [-0.2, 0) is 16.1 Å². The number of nitrogens with one attached hydrogen (secondary N) is 1. The number of piperidine rings is 1. The third-order valence-corrected chi connectivity index (χ3v) is 6.24. The summed E-state index contributed by atoms with van der Waals surface area (Å²) in [6.07, 6.45) is 1.39. The van der Waals surface area contributed by atoms with Crippen molar-refractivity contribution < 1.29 is 9.59 Å². The molecule has 4 heteroatoms. The number of carbonyl (C=O) groups excluding carboxylic acids is 2. The van der Waals surface area contributed by atoms with E-state index in [1.54, 1.807) is 0 Å². The lowest BCUT2D eigenvalue weighted by Gasteiger charge is -2.34. The average Bonchev–Trinajstić information content (AvgIpc) is 2.84. The first-order valence-corrected chi connectivity index (χ1v) is 11.3. The fraction of sp³-hybridized carbons (Fsp3) is 0.286. The molecule has 3 aromatic carbocycles. The maximum absolute atomic E-state index is 13.5. The normalized spacial score (nSPS) is 14.4. The minimum Gasteiger partial charge on any atom is -0.352 e. The number of nitrogens with zero attached hydrogens (tertiary/aromatic N) is 1. The standard InChI is InChI=1S/C28H30N2O2/c1-21-9-8-10-22(19-21)20-29-27(31)25-15-17-30(18-16-25)28(32)26(23-11-4-2-5-12-23)24-13-6-3-7-14-24/h2-14,19,25-26H,15-18,20H2,1H3,(H,29,31). The molecule has 1 saturated heterocycles. The van der Waals surface area contributed by atoms with Crippen LogP contribution in [0, 0.1) is 12.8 Å². The molecule has 0 atom stereocenters. The zero-order chi connectivity index (χ0) is 22.3. The van der Waals surface area contributed by atoms with E-state index in [1.807, 2.05) is 77.7 Å². The predicted molar refractivity (Wildman–Crippen MR) is 127 cm³/mol. The summed E-state index contributed by atoms with van der Waals surface area (Å²) in [5, 5.41) is 3.07. The lowest BCUT2D eigenvalue weighted by Crippen LogP contribution is -2.44. The number of hydrogen-bond donors (Lipinski definition) is 1. The van der Waals surface area contributed by atoms with E-state index in [9.17, 15) is 9.59 Å². The lowest BCUT2D eigenvalue weighted by molar-refractivity contribution is -0.136. The highest BCUT2D eigenvalue weighted by atomic mass is 16.2. The molecule has 0 unspecified atom stereocenters. The van der Waals surface area contributed by atoms with Crippen LogP contribution in [0.25, 0.3) is 0 Å². The lowest BCUT2D eigenvalue weighted by atomic mass is 9.88. The molecule has 0 aliphatic carbocycles. The van der Waals surface area contributed by atoms with Crippen molar-refractivity contribution in [3.8, 4) is 0 Å². The number of hydrogen-bond acceptors (Lipinski definition) is 2. The topological polar surface area (TPSA) is 49.4 Å². The Hall–Kier alpha value is -3.40. The van der Waals surface area contributed by atoms with Crippen molar-refractivity contribution in [1.29, 1.82) is 0 Å². The van der Waals surface area contributed by atoms with Crippen LogP contribution in [0.2, 0.25) is 0 Å². The second-order valence-electron chi connectivity index (χ2n) is 8.56. The first-order valence-electron chi connectivity index (χ1n) is 11.3. The molecule has 1 N–H and O–H groups in total. The molecule has 1 heterocycles. The maximum Gasteiger partial charge on any atom is 0.234 e. The molecule has 4 rings (SSSR count). The van der Waals surface area contributed by atoms with Gasteiger partial charge < -0.3 is 10.2 Å². The van der Waals surface area contributed by atoms with Gasteiger partial charge >= 0.3 is 0 Å². The quantitative estimate of drug-likeness (QED) is 0.622. The van der Waals surface area contributed by atoms with Gasteiger partial charge in [-0.25, -0.2) is 0 Å². The van der Waals surface area contributed by atoms with Crippen molar-refractivity contribution in [1.82, 2.24) is 10.2 Å². The Bertz CT molecular complexity index is 1000. The molecule has 0 aromatic heterocycles. The van der Waals surface area contributed by atoms with Crippen LogP contribution in [0.3, 0.4) is 0 Å². The van der Waals surface area contributed by atoms with Gasteiger partial charge in [-0.1, -0.05) is 90.5 Å². The van der Waals surface area contributed by atoms with E-state index >= 15 is 0 Å². The zero-order valence-electron chi connectivity index (χ0n) is 18.5. The summed E-state index contributed by atoms with van der Waals surface area (Å²) in [6, 6.07) is 28.1. The highest BCUT2D eigenvalue weighted by molar-refractivity contribution is 5.87. The monoisotopic (exact) mass is 426 g/mol. The van der Waals surface area contributed by atoms with Crippen LogP contribution < -0.4 is 5.32 Å². The molecule has 0 spiro atoms. The van der Waals surface area contributed by atoms with E-state index in [-0.39, 0.29) is 23.7 Å². The highest BCUT2D eigenvalue weighted by Crippen LogP contribution is 2.29. The minimum absolute atomic E-state index is 0.0456. The van der Waals surface area contributed by atoms with Crippen molar-refractivity contribution in [3.63, 3.8) is 0 Å². The summed E-state index contributed by atoms with van der Waals surface area (Å²) in [4.78, 5) is 28.2. The predicted octanol–water partition coefficient (Wildman–Crippen LogP) is 4.68. The van der Waals surface area contributed by atoms with Gasteiger partial charge in [-0.05, 0) is 36.5 Å². The third-order valence-electron chi connectivity index (χ3n) is 6.24. The van der Waals surface area contributed by atoms with E-state index in [1.165, 1.54) is 5.56 Å². The van der Waals surface area contributed by atoms with Crippen molar-refractivity contribution in [2.75, 3.05) is 13.1 Å². The van der Waals surface area contributed by atoms with Crippen LogP contribution in [0.5, 0.6) is 0 Å². The summed E-state index contributed by atoms with van der Waals surface area (Å²) in [6.45, 7) is 3.81. The van der Waals surface area contributed by atoms with Crippen molar-refractivity contribution in [2.24, 2.45) is 5.92 Å². The second kappa shape index (κ2) is 10.3. The summed E-state index contributed by atoms with van der Waals surface area (Å²) in [5.74, 6) is -0.165. The number of aryl methyl sites for hydroxylation is 1. The van der Waals surface area contributed by atoms with Crippen molar-refractivity contribution >= 4 is 11.8 Å². The van der Waals surface area contributed by atoms with E-state index in [4.69, 9.17) is 0 Å². The van der Waals surface area contributed by atoms with Crippen LogP contribution in [0.15, 0.2) is 84.9 Å². The van der Waals surface area contributed by atoms with E-state index in [2.05, 4.69) is 24.4 Å². The van der Waals surface area contributed by atoms with Gasteiger partial charge in [0, 0.05) is 25.6 Å². The number of rotatable bonds is 6. The first kappa shape index (κ1) is 21.8. The van der Waals surface area contributed by atoms with Crippen molar-refractivity contribution in [3.05, 3.63) is 107 Å². The smallest absolute Gasteiger partial charge is 0.234 e. The summed E-state index contributed by atoms with van der Waals surface area (Å²) >= 11 is 0. The molecular weight excluding hydrogens is 396 g/mol. The molecule has 1 aliphatic rings. The Morgan fingerprint density at radius 2 is 1.47 bits per heavy atom. The Morgan fingerprint density at radius 1 is 0.875 bits per heavy atom. The fourth-order valence-electron chi connectivity index (χ4n) is 4.47. The van der Waals surface area contributed by atoms with Gasteiger partial charge in [0.15, 0.2) is 0 Å². The van der Waals surface area contributed by atoms with E-state index < -0.39 is 0 Å². The van der Waals surface area contributed by atoms with E-state index in [0.29, 0.717) is 32.5 Å². The van der Waals surface area contributed by atoms with Crippen LogP contribution in [0.1, 0.15) is 41.0 Å². The molecule has 3 aromatic rings. The third kappa shape index (κ3) is 5.25. The maximum atomic E-state index is 13.5. The molecular formula is C28H30N2O2. The van der Waals surface area contributed by atoms with E-state index in [0.717, 1.165) is 16.7 Å². The van der Waals surface area contributed by atoms with Gasteiger partial charge in [-0.2, -0.15) is 0 Å². The van der Waals surface area contributed by atoms with Crippen LogP contribution >= 0.6 is 0 Å². The molecule has 164 valence electrons. The SMILES string of the molecule is Cc1cccc(CNC(=O)C2CCN(C(=O)C(c3ccccc3)c3ccccc3)CC2)c1. The summed E-state index contributed by atoms with van der Waals surface area (Å²) < 4.78 is 0. The van der Waals surface area contributed by atoms with Gasteiger partial charge in [-0.3, -0.25) is 9.59 Å². The first-order chi connectivity index (χ1) is 15.6. The molecule has 0 radical (unpaired) electrons. The van der Waals surface area contributed by atoms with Gasteiger partial charge in [0.2, 0.25) is 11.8 Å². The highest BCUT2D eigenvalue weighted by Gasteiger charge is 2.32. The Morgan fingerprint density at radius 3 is 2.03 bits per heavy atom. The number of likely N-dealkylation sites (tertiary alicyclic amines) is 1. The van der Waals surface area contributed by atoms with Crippen LogP contribution in [-0.4, -0.2) is 29.8 Å². The van der Waals surface area contributed by atoms with Gasteiger partial charge in [0.05, 0.1) is 5.92 Å². The summed E-state index contributed by atoms with van der Waals surface area (Å²) in [7, 11) is 0. The van der Waals surface area contributed by atoms with Crippen molar-refractivity contribution in [2.45, 2.75) is 32.2 Å². The van der Waals surface area contributed by atoms with Crippen LogP contribution in [0.4, 0.5) is 0 Å². The largest absolute Gasteiger partial charge is 0.352 e. The number of carbonyl (C=O) groups is 2. The molecule has 1 aliphatic heterocycles.